The van der Waals surface area contributed by atoms with Crippen LogP contribution in [0.3, 0.4) is 0 Å². The van der Waals surface area contributed by atoms with Gasteiger partial charge in [0, 0.05) is 38.4 Å². The molecule has 2 saturated heterocycles. The zero-order valence-corrected chi connectivity index (χ0v) is 15.7. The number of halogens is 3. The van der Waals surface area contributed by atoms with Crippen molar-refractivity contribution in [2.24, 2.45) is 0 Å². The van der Waals surface area contributed by atoms with Crippen molar-refractivity contribution in [3.8, 4) is 11.4 Å². The lowest BCUT2D eigenvalue weighted by Gasteiger charge is -2.31. The molecule has 0 radical (unpaired) electrons. The predicted octanol–water partition coefficient (Wildman–Crippen LogP) is 1.81. The van der Waals surface area contributed by atoms with E-state index in [2.05, 4.69) is 15.0 Å². The minimum absolute atomic E-state index is 0.0321. The van der Waals surface area contributed by atoms with Gasteiger partial charge in [0.25, 0.3) is 0 Å². The molecule has 29 heavy (non-hydrogen) atoms. The molecule has 0 spiro atoms. The minimum atomic E-state index is -4.61. The number of ether oxygens (including phenoxy) is 2. The van der Waals surface area contributed by atoms with Crippen LogP contribution in [0.15, 0.2) is 18.3 Å². The molecule has 0 amide bonds. The van der Waals surface area contributed by atoms with Crippen LogP contribution in [0, 0.1) is 0 Å². The summed E-state index contributed by atoms with van der Waals surface area (Å²) in [6.07, 6.45) is -3.52. The van der Waals surface area contributed by atoms with Gasteiger partial charge in [0.05, 0.1) is 37.6 Å². The first-order valence-corrected chi connectivity index (χ1v) is 9.29. The zero-order valence-electron chi connectivity index (χ0n) is 15.7. The molecule has 0 unspecified atom stereocenters. The average Bonchev–Trinajstić information content (AvgIpc) is 2.74. The highest BCUT2D eigenvalue weighted by atomic mass is 19.4. The van der Waals surface area contributed by atoms with Gasteiger partial charge in [-0.25, -0.2) is 15.0 Å². The van der Waals surface area contributed by atoms with Crippen LogP contribution in [0.25, 0.3) is 11.4 Å². The molecule has 8 nitrogen and oxygen atoms in total. The van der Waals surface area contributed by atoms with Crippen LogP contribution < -0.4 is 15.5 Å². The SMILES string of the molecule is Nc1cc(C(F)(F)F)c(-c2nc(N3CCOCC3)cc(N3CCOCC3)n2)cn1. The molecule has 0 saturated carbocycles. The van der Waals surface area contributed by atoms with E-state index in [1.54, 1.807) is 6.07 Å². The Hall–Kier alpha value is -2.66. The molecule has 2 aliphatic heterocycles. The fraction of sp³-hybridized carbons (Fsp3) is 0.500. The van der Waals surface area contributed by atoms with E-state index in [-0.39, 0.29) is 17.2 Å². The van der Waals surface area contributed by atoms with Gasteiger partial charge in [0.1, 0.15) is 17.5 Å². The van der Waals surface area contributed by atoms with Gasteiger partial charge < -0.3 is 25.0 Å². The summed E-state index contributed by atoms with van der Waals surface area (Å²) >= 11 is 0. The summed E-state index contributed by atoms with van der Waals surface area (Å²) in [7, 11) is 0. The van der Waals surface area contributed by atoms with Crippen LogP contribution in [0.5, 0.6) is 0 Å². The van der Waals surface area contributed by atoms with Crippen LogP contribution in [0.1, 0.15) is 5.56 Å². The standard InChI is InChI=1S/C18H21F3N6O2/c19-18(20,21)13-9-14(22)23-11-12(13)17-24-15(26-1-5-28-6-2-26)10-16(25-17)27-3-7-29-8-4-27/h9-11H,1-8H2,(H2,22,23). The topological polar surface area (TPSA) is 89.6 Å². The van der Waals surface area contributed by atoms with Crippen molar-refractivity contribution >= 4 is 17.5 Å². The number of nitrogens with zero attached hydrogens (tertiary/aromatic N) is 5. The maximum Gasteiger partial charge on any atom is 0.417 e. The second-order valence-electron chi connectivity index (χ2n) is 6.76. The molecule has 2 aromatic rings. The van der Waals surface area contributed by atoms with Gasteiger partial charge in [-0.05, 0) is 6.07 Å². The highest BCUT2D eigenvalue weighted by Crippen LogP contribution is 2.37. The van der Waals surface area contributed by atoms with Gasteiger partial charge in [0.2, 0.25) is 0 Å². The molecular weight excluding hydrogens is 389 g/mol. The molecule has 0 bridgehead atoms. The largest absolute Gasteiger partial charge is 0.417 e. The lowest BCUT2D eigenvalue weighted by atomic mass is 10.1. The van der Waals surface area contributed by atoms with Crippen molar-refractivity contribution in [2.75, 3.05) is 68.1 Å². The second kappa shape index (κ2) is 7.99. The summed E-state index contributed by atoms with van der Waals surface area (Å²) in [5, 5.41) is 0. The molecule has 4 heterocycles. The number of nitrogen functional groups attached to an aromatic ring is 1. The number of morpholine rings is 2. The monoisotopic (exact) mass is 410 g/mol. The number of aromatic nitrogens is 3. The van der Waals surface area contributed by atoms with Gasteiger partial charge in [-0.3, -0.25) is 0 Å². The van der Waals surface area contributed by atoms with Crippen LogP contribution in [-0.2, 0) is 15.7 Å². The highest BCUT2D eigenvalue weighted by Gasteiger charge is 2.35. The predicted molar refractivity (Wildman–Crippen MR) is 101 cm³/mol. The second-order valence-corrected chi connectivity index (χ2v) is 6.76. The first kappa shape index (κ1) is 19.6. The van der Waals surface area contributed by atoms with E-state index >= 15 is 0 Å². The molecule has 2 aromatic heterocycles. The minimum Gasteiger partial charge on any atom is -0.384 e. The van der Waals surface area contributed by atoms with Gasteiger partial charge in [0.15, 0.2) is 5.82 Å². The third kappa shape index (κ3) is 4.35. The molecule has 156 valence electrons. The molecule has 0 aliphatic carbocycles. The van der Waals surface area contributed by atoms with Crippen LogP contribution in [-0.4, -0.2) is 67.6 Å². The summed E-state index contributed by atoms with van der Waals surface area (Å²) in [5.74, 6) is 0.878. The van der Waals surface area contributed by atoms with Crippen molar-refractivity contribution in [1.29, 1.82) is 0 Å². The Bertz CT molecular complexity index is 831. The first-order chi connectivity index (χ1) is 13.9. The van der Waals surface area contributed by atoms with Gasteiger partial charge >= 0.3 is 6.18 Å². The molecule has 2 aliphatic rings. The van der Waals surface area contributed by atoms with E-state index in [1.165, 1.54) is 0 Å². The molecule has 2 fully saturated rings. The van der Waals surface area contributed by atoms with Gasteiger partial charge in [-0.15, -0.1) is 0 Å². The number of hydrogen-bond acceptors (Lipinski definition) is 8. The molecule has 2 N–H and O–H groups in total. The van der Waals surface area contributed by atoms with Crippen molar-refractivity contribution in [3.05, 3.63) is 23.9 Å². The smallest absolute Gasteiger partial charge is 0.384 e. The number of pyridine rings is 1. The summed E-state index contributed by atoms with van der Waals surface area (Å²) in [5.41, 5.74) is 4.40. The highest BCUT2D eigenvalue weighted by molar-refractivity contribution is 5.66. The number of hydrogen-bond donors (Lipinski definition) is 1. The molecule has 4 rings (SSSR count). The Morgan fingerprint density at radius 2 is 1.38 bits per heavy atom. The fourth-order valence-corrected chi connectivity index (χ4v) is 3.34. The first-order valence-electron chi connectivity index (χ1n) is 9.29. The van der Waals surface area contributed by atoms with Crippen molar-refractivity contribution in [1.82, 2.24) is 15.0 Å². The Morgan fingerprint density at radius 3 is 1.86 bits per heavy atom. The van der Waals surface area contributed by atoms with Gasteiger partial charge in [-0.1, -0.05) is 0 Å². The third-order valence-electron chi connectivity index (χ3n) is 4.84. The van der Waals surface area contributed by atoms with E-state index in [1.807, 2.05) is 9.80 Å². The Balaban J connectivity index is 1.82. The normalized spacial score (nSPS) is 18.2. The lowest BCUT2D eigenvalue weighted by molar-refractivity contribution is -0.137. The fourth-order valence-electron chi connectivity index (χ4n) is 3.34. The van der Waals surface area contributed by atoms with E-state index in [0.717, 1.165) is 12.3 Å². The Labute approximate surface area is 165 Å². The van der Waals surface area contributed by atoms with Crippen LogP contribution >= 0.6 is 0 Å². The summed E-state index contributed by atoms with van der Waals surface area (Å²) in [6, 6.07) is 2.62. The summed E-state index contributed by atoms with van der Waals surface area (Å²) in [4.78, 5) is 16.7. The number of rotatable bonds is 3. The van der Waals surface area contributed by atoms with E-state index in [4.69, 9.17) is 15.2 Å². The van der Waals surface area contributed by atoms with Crippen LogP contribution in [0.2, 0.25) is 0 Å². The number of anilines is 3. The quantitative estimate of drug-likeness (QED) is 0.820. The van der Waals surface area contributed by atoms with Gasteiger partial charge in [-0.2, -0.15) is 13.2 Å². The van der Waals surface area contributed by atoms with E-state index in [0.29, 0.717) is 64.2 Å². The van der Waals surface area contributed by atoms with E-state index < -0.39 is 11.7 Å². The molecule has 0 atom stereocenters. The Morgan fingerprint density at radius 1 is 0.862 bits per heavy atom. The summed E-state index contributed by atoms with van der Waals surface area (Å²) in [6.45, 7) is 4.53. The number of alkyl halides is 3. The maximum absolute atomic E-state index is 13.6. The van der Waals surface area contributed by atoms with Crippen molar-refractivity contribution < 1.29 is 22.6 Å². The summed E-state index contributed by atoms with van der Waals surface area (Å²) < 4.78 is 51.6. The maximum atomic E-state index is 13.6. The third-order valence-corrected chi connectivity index (χ3v) is 4.84. The lowest BCUT2D eigenvalue weighted by Crippen LogP contribution is -2.39. The zero-order chi connectivity index (χ0) is 20.4. The van der Waals surface area contributed by atoms with Crippen LogP contribution in [0.4, 0.5) is 30.6 Å². The molecule has 0 aromatic carbocycles. The molecular formula is C18H21F3N6O2. The van der Waals surface area contributed by atoms with Crippen molar-refractivity contribution in [3.63, 3.8) is 0 Å². The van der Waals surface area contributed by atoms with Crippen molar-refractivity contribution in [2.45, 2.75) is 6.18 Å². The average molecular weight is 410 g/mol. The molecule has 11 heteroatoms. The Kier molecular flexibility index (Phi) is 5.41. The van der Waals surface area contributed by atoms with E-state index in [9.17, 15) is 13.2 Å². The number of nitrogens with two attached hydrogens (primary N) is 1.